The Kier molecular flexibility index (Phi) is 3.17. The minimum atomic E-state index is -0.571. The molecule has 0 heterocycles. The van der Waals surface area contributed by atoms with Crippen LogP contribution in [0.25, 0.3) is 0 Å². The van der Waals surface area contributed by atoms with E-state index in [9.17, 15) is 4.79 Å². The van der Waals surface area contributed by atoms with Crippen molar-refractivity contribution < 1.29 is 9.53 Å². The van der Waals surface area contributed by atoms with Crippen molar-refractivity contribution in [1.29, 1.82) is 0 Å². The molecule has 0 unspecified atom stereocenters. The third kappa shape index (κ3) is 2.14. The molecule has 0 bridgehead atoms. The second kappa shape index (κ2) is 3.99. The van der Waals surface area contributed by atoms with Crippen LogP contribution < -0.4 is 4.74 Å². The van der Waals surface area contributed by atoms with Gasteiger partial charge in [0.05, 0.1) is 12.7 Å². The minimum absolute atomic E-state index is 0.291. The van der Waals surface area contributed by atoms with Crippen LogP contribution in [-0.4, -0.2) is 12.4 Å². The maximum atomic E-state index is 10.9. The summed E-state index contributed by atoms with van der Waals surface area (Å²) in [4.78, 5) is 10.9. The Labute approximate surface area is 86.4 Å². The normalized spacial score (nSPS) is 9.85. The van der Waals surface area contributed by atoms with E-state index in [-0.39, 0.29) is 0 Å². The van der Waals surface area contributed by atoms with Gasteiger partial charge >= 0.3 is 0 Å². The molecule has 1 aromatic carbocycles. The van der Waals surface area contributed by atoms with Crippen LogP contribution in [-0.2, 0) is 0 Å². The first-order valence-electron chi connectivity index (χ1n) is 3.60. The van der Waals surface area contributed by atoms with Crippen molar-refractivity contribution in [3.63, 3.8) is 0 Å². The summed E-state index contributed by atoms with van der Waals surface area (Å²) in [6.07, 6.45) is 0. The Morgan fingerprint density at radius 2 is 2.08 bits per heavy atom. The second-order valence-electron chi connectivity index (χ2n) is 2.58. The molecule has 0 spiro atoms. The summed E-state index contributed by atoms with van der Waals surface area (Å²) in [5.41, 5.74) is 1.14. The number of carbonyl (C=O) groups is 1. The molecule has 13 heavy (non-hydrogen) atoms. The average Bonchev–Trinajstić information content (AvgIpc) is 2.08. The Bertz CT molecular complexity index is 348. The SMILES string of the molecule is COc1cc(C)c(Cl)cc1C(=O)Cl. The number of aryl methyl sites for hydroxylation is 1. The van der Waals surface area contributed by atoms with Gasteiger partial charge in [0.2, 0.25) is 0 Å². The lowest BCUT2D eigenvalue weighted by Crippen LogP contribution is -1.96. The van der Waals surface area contributed by atoms with E-state index in [0.29, 0.717) is 16.3 Å². The molecule has 0 aliphatic carbocycles. The monoisotopic (exact) mass is 218 g/mol. The predicted molar refractivity (Wildman–Crippen MR) is 52.9 cm³/mol. The maximum Gasteiger partial charge on any atom is 0.256 e. The van der Waals surface area contributed by atoms with Crippen LogP contribution in [0.3, 0.4) is 0 Å². The van der Waals surface area contributed by atoms with Crippen molar-refractivity contribution in [3.8, 4) is 5.75 Å². The largest absolute Gasteiger partial charge is 0.496 e. The lowest BCUT2D eigenvalue weighted by Gasteiger charge is -2.06. The fraction of sp³-hybridized carbons (Fsp3) is 0.222. The van der Waals surface area contributed by atoms with Crippen LogP contribution in [0, 0.1) is 6.92 Å². The molecule has 2 nitrogen and oxygen atoms in total. The summed E-state index contributed by atoms with van der Waals surface area (Å²) in [5, 5.41) is -0.0662. The van der Waals surface area contributed by atoms with Crippen molar-refractivity contribution in [2.45, 2.75) is 6.92 Å². The van der Waals surface area contributed by atoms with E-state index in [4.69, 9.17) is 27.9 Å². The molecule has 0 N–H and O–H groups in total. The molecule has 0 atom stereocenters. The molecule has 1 aromatic rings. The molecular weight excluding hydrogens is 211 g/mol. The fourth-order valence-corrected chi connectivity index (χ4v) is 1.29. The van der Waals surface area contributed by atoms with Crippen molar-refractivity contribution in [3.05, 3.63) is 28.3 Å². The quantitative estimate of drug-likeness (QED) is 0.714. The molecule has 0 aliphatic rings. The van der Waals surface area contributed by atoms with E-state index in [1.54, 1.807) is 6.07 Å². The lowest BCUT2D eigenvalue weighted by atomic mass is 10.1. The van der Waals surface area contributed by atoms with Crippen LogP contribution in [0.2, 0.25) is 5.02 Å². The zero-order valence-corrected chi connectivity index (χ0v) is 8.74. The molecule has 0 saturated heterocycles. The summed E-state index contributed by atoms with van der Waals surface area (Å²) in [7, 11) is 1.48. The first-order valence-corrected chi connectivity index (χ1v) is 4.36. The summed E-state index contributed by atoms with van der Waals surface area (Å²) < 4.78 is 4.98. The smallest absolute Gasteiger partial charge is 0.256 e. The van der Waals surface area contributed by atoms with E-state index < -0.39 is 5.24 Å². The van der Waals surface area contributed by atoms with Gasteiger partial charge in [-0.3, -0.25) is 4.79 Å². The van der Waals surface area contributed by atoms with Gasteiger partial charge in [-0.25, -0.2) is 0 Å². The molecule has 0 amide bonds. The summed E-state index contributed by atoms with van der Waals surface area (Å²) in [6, 6.07) is 3.18. The van der Waals surface area contributed by atoms with Crippen molar-refractivity contribution in [2.75, 3.05) is 7.11 Å². The predicted octanol–water partition coefficient (Wildman–Crippen LogP) is 3.04. The number of hydrogen-bond donors (Lipinski definition) is 0. The van der Waals surface area contributed by atoms with Gasteiger partial charge < -0.3 is 4.74 Å². The Hall–Kier alpha value is -0.730. The average molecular weight is 219 g/mol. The highest BCUT2D eigenvalue weighted by Crippen LogP contribution is 2.27. The number of methoxy groups -OCH3 is 1. The first-order chi connectivity index (χ1) is 6.06. The zero-order valence-electron chi connectivity index (χ0n) is 7.23. The molecule has 0 aromatic heterocycles. The lowest BCUT2D eigenvalue weighted by molar-refractivity contribution is 0.107. The number of benzene rings is 1. The van der Waals surface area contributed by atoms with E-state index in [2.05, 4.69) is 0 Å². The van der Waals surface area contributed by atoms with E-state index >= 15 is 0 Å². The van der Waals surface area contributed by atoms with Crippen LogP contribution in [0.15, 0.2) is 12.1 Å². The van der Waals surface area contributed by atoms with Crippen LogP contribution >= 0.6 is 23.2 Å². The molecule has 70 valence electrons. The number of halogens is 2. The van der Waals surface area contributed by atoms with Gasteiger partial charge in [0.1, 0.15) is 5.75 Å². The molecule has 4 heteroatoms. The Balaban J connectivity index is 3.33. The molecule has 0 fully saturated rings. The third-order valence-electron chi connectivity index (χ3n) is 1.69. The van der Waals surface area contributed by atoms with E-state index in [1.807, 2.05) is 6.92 Å². The van der Waals surface area contributed by atoms with Gasteiger partial charge in [0.15, 0.2) is 0 Å². The van der Waals surface area contributed by atoms with Crippen LogP contribution in [0.4, 0.5) is 0 Å². The minimum Gasteiger partial charge on any atom is -0.496 e. The molecular formula is C9H8Cl2O2. The van der Waals surface area contributed by atoms with Crippen molar-refractivity contribution in [2.24, 2.45) is 0 Å². The zero-order chi connectivity index (χ0) is 10.0. The van der Waals surface area contributed by atoms with Gasteiger partial charge in [-0.05, 0) is 36.2 Å². The Morgan fingerprint density at radius 3 is 2.54 bits per heavy atom. The topological polar surface area (TPSA) is 26.3 Å². The van der Waals surface area contributed by atoms with E-state index in [0.717, 1.165) is 5.56 Å². The molecule has 0 aliphatic heterocycles. The van der Waals surface area contributed by atoms with Crippen LogP contribution in [0.1, 0.15) is 15.9 Å². The number of hydrogen-bond acceptors (Lipinski definition) is 2. The number of carbonyl (C=O) groups excluding carboxylic acids is 1. The van der Waals surface area contributed by atoms with Crippen LogP contribution in [0.5, 0.6) is 5.75 Å². The standard InChI is InChI=1S/C9H8Cl2O2/c1-5-3-8(13-2)6(9(11)12)4-7(5)10/h3-4H,1-2H3. The van der Waals surface area contributed by atoms with Gasteiger partial charge in [0, 0.05) is 5.02 Å². The summed E-state index contributed by atoms with van der Waals surface area (Å²) in [5.74, 6) is 0.446. The van der Waals surface area contributed by atoms with Crippen molar-refractivity contribution >= 4 is 28.4 Å². The first kappa shape index (κ1) is 10.4. The number of ether oxygens (including phenoxy) is 1. The van der Waals surface area contributed by atoms with Crippen molar-refractivity contribution in [1.82, 2.24) is 0 Å². The van der Waals surface area contributed by atoms with Gasteiger partial charge in [-0.15, -0.1) is 0 Å². The van der Waals surface area contributed by atoms with Gasteiger partial charge in [-0.1, -0.05) is 11.6 Å². The fourth-order valence-electron chi connectivity index (χ4n) is 0.978. The molecule has 0 saturated carbocycles. The molecule has 1 rings (SSSR count). The van der Waals surface area contributed by atoms with Gasteiger partial charge in [-0.2, -0.15) is 0 Å². The molecule has 0 radical (unpaired) electrons. The Morgan fingerprint density at radius 1 is 1.46 bits per heavy atom. The summed E-state index contributed by atoms with van der Waals surface area (Å²) in [6.45, 7) is 1.83. The number of rotatable bonds is 2. The highest BCUT2D eigenvalue weighted by molar-refractivity contribution is 6.68. The maximum absolute atomic E-state index is 10.9. The third-order valence-corrected chi connectivity index (χ3v) is 2.30. The highest BCUT2D eigenvalue weighted by atomic mass is 35.5. The highest BCUT2D eigenvalue weighted by Gasteiger charge is 2.11. The van der Waals surface area contributed by atoms with Gasteiger partial charge in [0.25, 0.3) is 5.24 Å². The summed E-state index contributed by atoms with van der Waals surface area (Å²) >= 11 is 11.2. The second-order valence-corrected chi connectivity index (χ2v) is 3.33. The van der Waals surface area contributed by atoms with E-state index in [1.165, 1.54) is 13.2 Å².